The molecule has 0 saturated heterocycles. The summed E-state index contributed by atoms with van der Waals surface area (Å²) in [5.74, 6) is -0.908. The van der Waals surface area contributed by atoms with Crippen molar-refractivity contribution in [1.29, 1.82) is 0 Å². The lowest BCUT2D eigenvalue weighted by molar-refractivity contribution is -0.167. The number of esters is 3. The normalized spacial score (nSPS) is 12.5. The Morgan fingerprint density at radius 3 is 0.821 bits per heavy atom. The SMILES string of the molecule is CC/C=C\C/C=C\C/C=C\CCCCCC(=O)OCC(COC(=O)CCCCCCCCCCCCCCCCCCC/C=C\CCCCCCCCCC)OC(=O)CCCCCCCCC/C=C\C/C=C\CCCCCC. The van der Waals surface area contributed by atoms with E-state index in [0.717, 1.165) is 96.3 Å². The Kier molecular flexibility index (Phi) is 63.7. The Balaban J connectivity index is 4.22. The maximum atomic E-state index is 12.9. The first-order chi connectivity index (χ1) is 38.5. The predicted molar refractivity (Wildman–Crippen MR) is 339 cm³/mol. The van der Waals surface area contributed by atoms with Gasteiger partial charge in [-0.3, -0.25) is 14.4 Å². The van der Waals surface area contributed by atoms with E-state index in [0.29, 0.717) is 19.3 Å². The molecular formula is C72H128O6. The van der Waals surface area contributed by atoms with Gasteiger partial charge in [-0.15, -0.1) is 0 Å². The fraction of sp³-hybridized carbons (Fsp3) is 0.792. The summed E-state index contributed by atoms with van der Waals surface area (Å²) in [6, 6.07) is 0. The first kappa shape index (κ1) is 74.8. The van der Waals surface area contributed by atoms with Crippen LogP contribution in [-0.4, -0.2) is 37.2 Å². The minimum absolute atomic E-state index is 0.0857. The van der Waals surface area contributed by atoms with Crippen LogP contribution in [0.25, 0.3) is 0 Å². The highest BCUT2D eigenvalue weighted by atomic mass is 16.6. The van der Waals surface area contributed by atoms with Crippen LogP contribution in [0.1, 0.15) is 348 Å². The van der Waals surface area contributed by atoms with Crippen LogP contribution in [0.5, 0.6) is 0 Å². The van der Waals surface area contributed by atoms with Crippen LogP contribution in [0, 0.1) is 0 Å². The van der Waals surface area contributed by atoms with Gasteiger partial charge in [0, 0.05) is 19.3 Å². The van der Waals surface area contributed by atoms with Gasteiger partial charge in [0.05, 0.1) is 0 Å². The van der Waals surface area contributed by atoms with Crippen LogP contribution in [0.4, 0.5) is 0 Å². The summed E-state index contributed by atoms with van der Waals surface area (Å²) in [4.78, 5) is 38.3. The van der Waals surface area contributed by atoms with Crippen LogP contribution in [0.2, 0.25) is 0 Å². The first-order valence-electron chi connectivity index (χ1n) is 33.9. The fourth-order valence-corrected chi connectivity index (χ4v) is 9.84. The van der Waals surface area contributed by atoms with Gasteiger partial charge >= 0.3 is 17.9 Å². The maximum absolute atomic E-state index is 12.9. The Morgan fingerprint density at radius 2 is 0.500 bits per heavy atom. The van der Waals surface area contributed by atoms with E-state index in [4.69, 9.17) is 14.2 Å². The molecule has 0 aliphatic carbocycles. The molecule has 0 heterocycles. The van der Waals surface area contributed by atoms with E-state index in [9.17, 15) is 14.4 Å². The summed E-state index contributed by atoms with van der Waals surface area (Å²) in [7, 11) is 0. The van der Waals surface area contributed by atoms with Gasteiger partial charge in [-0.25, -0.2) is 0 Å². The molecule has 452 valence electrons. The highest BCUT2D eigenvalue weighted by Gasteiger charge is 2.19. The lowest BCUT2D eigenvalue weighted by Crippen LogP contribution is -2.30. The van der Waals surface area contributed by atoms with Crippen molar-refractivity contribution in [2.45, 2.75) is 354 Å². The van der Waals surface area contributed by atoms with Gasteiger partial charge in [0.2, 0.25) is 0 Å². The molecule has 0 aromatic heterocycles. The lowest BCUT2D eigenvalue weighted by atomic mass is 10.0. The number of rotatable bonds is 62. The molecule has 1 atom stereocenters. The maximum Gasteiger partial charge on any atom is 0.306 e. The summed E-state index contributed by atoms with van der Waals surface area (Å²) in [6.45, 7) is 6.52. The number of ether oxygens (including phenoxy) is 3. The highest BCUT2D eigenvalue weighted by molar-refractivity contribution is 5.71. The summed E-state index contributed by atoms with van der Waals surface area (Å²) in [6.07, 6.45) is 86.5. The van der Waals surface area contributed by atoms with E-state index in [-0.39, 0.29) is 31.1 Å². The average molecular weight is 1090 g/mol. The van der Waals surface area contributed by atoms with Crippen molar-refractivity contribution in [3.8, 4) is 0 Å². The van der Waals surface area contributed by atoms with Crippen LogP contribution < -0.4 is 0 Å². The molecule has 6 nitrogen and oxygen atoms in total. The van der Waals surface area contributed by atoms with E-state index in [1.165, 1.54) is 212 Å². The quantitative estimate of drug-likeness (QED) is 0.0261. The molecule has 0 bridgehead atoms. The summed E-state index contributed by atoms with van der Waals surface area (Å²) >= 11 is 0. The Labute approximate surface area is 484 Å². The molecule has 0 saturated carbocycles. The van der Waals surface area contributed by atoms with Crippen LogP contribution >= 0.6 is 0 Å². The lowest BCUT2D eigenvalue weighted by Gasteiger charge is -2.18. The first-order valence-corrected chi connectivity index (χ1v) is 33.9. The van der Waals surface area contributed by atoms with Crippen LogP contribution in [-0.2, 0) is 28.6 Å². The van der Waals surface area contributed by atoms with E-state index in [1.54, 1.807) is 0 Å². The predicted octanol–water partition coefficient (Wildman–Crippen LogP) is 23.3. The second kappa shape index (κ2) is 66.4. The molecule has 0 aromatic carbocycles. The van der Waals surface area contributed by atoms with E-state index < -0.39 is 6.10 Å². The zero-order chi connectivity index (χ0) is 56.4. The highest BCUT2D eigenvalue weighted by Crippen LogP contribution is 2.17. The van der Waals surface area contributed by atoms with Gasteiger partial charge in [0.25, 0.3) is 0 Å². The largest absolute Gasteiger partial charge is 0.462 e. The van der Waals surface area contributed by atoms with Crippen LogP contribution in [0.3, 0.4) is 0 Å². The Morgan fingerprint density at radius 1 is 0.269 bits per heavy atom. The van der Waals surface area contributed by atoms with E-state index in [1.807, 2.05) is 0 Å². The molecule has 0 radical (unpaired) electrons. The van der Waals surface area contributed by atoms with Crippen molar-refractivity contribution in [3.05, 3.63) is 72.9 Å². The Hall–Kier alpha value is -3.15. The molecule has 0 N–H and O–H groups in total. The summed E-state index contributed by atoms with van der Waals surface area (Å²) in [5.41, 5.74) is 0. The van der Waals surface area contributed by atoms with Crippen molar-refractivity contribution in [1.82, 2.24) is 0 Å². The second-order valence-electron chi connectivity index (χ2n) is 22.7. The number of carbonyl (C=O) groups excluding carboxylic acids is 3. The Bertz CT molecular complexity index is 1440. The number of unbranched alkanes of at least 4 members (excludes halogenated alkanes) is 39. The van der Waals surface area contributed by atoms with Gasteiger partial charge in [-0.1, -0.05) is 293 Å². The van der Waals surface area contributed by atoms with Gasteiger partial charge in [-0.05, 0) is 109 Å². The number of carbonyl (C=O) groups is 3. The molecule has 0 aliphatic heterocycles. The van der Waals surface area contributed by atoms with Gasteiger partial charge in [0.15, 0.2) is 6.10 Å². The summed E-state index contributed by atoms with van der Waals surface area (Å²) < 4.78 is 16.9. The topological polar surface area (TPSA) is 78.9 Å². The third kappa shape index (κ3) is 63.7. The smallest absolute Gasteiger partial charge is 0.306 e. The fourth-order valence-electron chi connectivity index (χ4n) is 9.84. The van der Waals surface area contributed by atoms with Crippen molar-refractivity contribution in [3.63, 3.8) is 0 Å². The molecule has 0 spiro atoms. The minimum Gasteiger partial charge on any atom is -0.462 e. The zero-order valence-corrected chi connectivity index (χ0v) is 51.9. The summed E-state index contributed by atoms with van der Waals surface area (Å²) in [5, 5.41) is 0. The molecule has 0 amide bonds. The van der Waals surface area contributed by atoms with Crippen molar-refractivity contribution in [2.75, 3.05) is 13.2 Å². The standard InChI is InChI=1S/C72H128O6/c1-4-7-10-13-16-19-22-25-27-29-31-32-33-34-35-36-37-38-39-40-41-43-44-47-50-53-56-59-62-65-71(74)77-68-69(67-76-70(73)64-61-58-55-52-49-46-24-21-18-15-12-9-6-3)78-72(75)66-63-60-57-54-51-48-45-42-30-28-26-23-20-17-14-11-8-5-2/h9,12,18,20-21,23,28-31,46,49,69H,4-8,10-11,13-17,19,22,24-27,32-45,47-48,50-68H2,1-3H3/b12-9-,21-18-,23-20-,30-28-,31-29-,49-46-. The molecule has 0 aliphatic rings. The molecule has 0 fully saturated rings. The molecule has 78 heavy (non-hydrogen) atoms. The molecular weight excluding hydrogens is 961 g/mol. The number of hydrogen-bond donors (Lipinski definition) is 0. The average Bonchev–Trinajstić information content (AvgIpc) is 3.44. The zero-order valence-electron chi connectivity index (χ0n) is 51.9. The van der Waals surface area contributed by atoms with Gasteiger partial charge < -0.3 is 14.2 Å². The monoisotopic (exact) mass is 1090 g/mol. The van der Waals surface area contributed by atoms with E-state index in [2.05, 4.69) is 93.7 Å². The second-order valence-corrected chi connectivity index (χ2v) is 22.7. The van der Waals surface area contributed by atoms with Crippen molar-refractivity contribution < 1.29 is 28.6 Å². The molecule has 0 aromatic rings. The third-order valence-electron chi connectivity index (χ3n) is 14.9. The minimum atomic E-state index is -0.792. The van der Waals surface area contributed by atoms with E-state index >= 15 is 0 Å². The van der Waals surface area contributed by atoms with Crippen molar-refractivity contribution >= 4 is 17.9 Å². The number of allylic oxidation sites excluding steroid dienone is 12. The molecule has 6 heteroatoms. The van der Waals surface area contributed by atoms with Gasteiger partial charge in [-0.2, -0.15) is 0 Å². The molecule has 0 rings (SSSR count). The van der Waals surface area contributed by atoms with Gasteiger partial charge in [0.1, 0.15) is 13.2 Å². The molecule has 1 unspecified atom stereocenters. The van der Waals surface area contributed by atoms with Crippen LogP contribution in [0.15, 0.2) is 72.9 Å². The number of hydrogen-bond acceptors (Lipinski definition) is 6. The third-order valence-corrected chi connectivity index (χ3v) is 14.9. The van der Waals surface area contributed by atoms with Crippen molar-refractivity contribution in [2.24, 2.45) is 0 Å².